The Balaban J connectivity index is 1.48. The smallest absolute Gasteiger partial charge is 0.229 e. The van der Waals surface area contributed by atoms with E-state index < -0.39 is 5.92 Å². The minimum atomic E-state index is -0.410. The van der Waals surface area contributed by atoms with E-state index in [1.165, 1.54) is 5.56 Å². The number of methoxy groups -OCH3 is 1. The Morgan fingerprint density at radius 2 is 1.70 bits per heavy atom. The number of nitrogens with zero attached hydrogens (tertiary/aromatic N) is 1. The van der Waals surface area contributed by atoms with Gasteiger partial charge >= 0.3 is 0 Å². The van der Waals surface area contributed by atoms with Gasteiger partial charge in [-0.05, 0) is 35.7 Å². The average Bonchev–Trinajstić information content (AvgIpc) is 3.17. The van der Waals surface area contributed by atoms with Crippen LogP contribution in [-0.2, 0) is 16.0 Å². The van der Waals surface area contributed by atoms with E-state index in [4.69, 9.17) is 4.74 Å². The van der Waals surface area contributed by atoms with Crippen molar-refractivity contribution in [1.29, 1.82) is 0 Å². The lowest BCUT2D eigenvalue weighted by molar-refractivity contribution is -0.122. The van der Waals surface area contributed by atoms with E-state index in [0.717, 1.165) is 17.7 Å². The molecule has 1 heterocycles. The normalized spacial score (nSPS) is 15.8. The molecule has 0 unspecified atom stereocenters. The number of benzene rings is 3. The molecule has 0 saturated carbocycles. The SMILES string of the molecule is COc1ccccc1N1C[C@@H](C(=O)Nc2ccccc2Cc2ccccc2)CC1=O. The van der Waals surface area contributed by atoms with E-state index in [1.54, 1.807) is 12.0 Å². The number of carbonyl (C=O) groups excluding carboxylic acids is 2. The van der Waals surface area contributed by atoms with Gasteiger partial charge in [-0.25, -0.2) is 0 Å². The number of amides is 2. The van der Waals surface area contributed by atoms with Crippen LogP contribution in [-0.4, -0.2) is 25.5 Å². The van der Waals surface area contributed by atoms with Gasteiger partial charge in [0.1, 0.15) is 5.75 Å². The number of rotatable bonds is 6. The third-order valence-electron chi connectivity index (χ3n) is 5.38. The van der Waals surface area contributed by atoms with Crippen LogP contribution >= 0.6 is 0 Å². The minimum Gasteiger partial charge on any atom is -0.495 e. The summed E-state index contributed by atoms with van der Waals surface area (Å²) in [6.07, 6.45) is 0.916. The predicted octanol–water partition coefficient (Wildman–Crippen LogP) is 4.28. The molecule has 1 atom stereocenters. The van der Waals surface area contributed by atoms with Gasteiger partial charge < -0.3 is 15.0 Å². The Bertz CT molecular complexity index is 1050. The molecule has 5 heteroatoms. The first kappa shape index (κ1) is 19.7. The van der Waals surface area contributed by atoms with Gasteiger partial charge in [0.2, 0.25) is 11.8 Å². The van der Waals surface area contributed by atoms with Crippen molar-refractivity contribution in [3.8, 4) is 5.75 Å². The van der Waals surface area contributed by atoms with Crippen LogP contribution in [0.4, 0.5) is 11.4 Å². The molecule has 0 bridgehead atoms. The van der Waals surface area contributed by atoms with Crippen molar-refractivity contribution in [1.82, 2.24) is 0 Å². The highest BCUT2D eigenvalue weighted by Gasteiger charge is 2.36. The molecule has 0 spiro atoms. The van der Waals surface area contributed by atoms with Gasteiger partial charge in [-0.3, -0.25) is 9.59 Å². The molecule has 4 rings (SSSR count). The quantitative estimate of drug-likeness (QED) is 0.672. The molecule has 152 valence electrons. The highest BCUT2D eigenvalue weighted by atomic mass is 16.5. The molecule has 0 radical (unpaired) electrons. The molecular weight excluding hydrogens is 376 g/mol. The summed E-state index contributed by atoms with van der Waals surface area (Å²) in [5.41, 5.74) is 3.71. The summed E-state index contributed by atoms with van der Waals surface area (Å²) in [6.45, 7) is 0.339. The summed E-state index contributed by atoms with van der Waals surface area (Å²) in [5.74, 6) is 0.00536. The minimum absolute atomic E-state index is 0.0720. The van der Waals surface area contributed by atoms with E-state index in [9.17, 15) is 9.59 Å². The molecule has 30 heavy (non-hydrogen) atoms. The van der Waals surface area contributed by atoms with Crippen LogP contribution in [0.1, 0.15) is 17.5 Å². The van der Waals surface area contributed by atoms with Gasteiger partial charge in [-0.2, -0.15) is 0 Å². The topological polar surface area (TPSA) is 58.6 Å². The summed E-state index contributed by atoms with van der Waals surface area (Å²) in [4.78, 5) is 27.2. The Hall–Kier alpha value is -3.60. The summed E-state index contributed by atoms with van der Waals surface area (Å²) >= 11 is 0. The van der Waals surface area contributed by atoms with Gasteiger partial charge in [0.15, 0.2) is 0 Å². The van der Waals surface area contributed by atoms with Crippen molar-refractivity contribution < 1.29 is 14.3 Å². The summed E-state index contributed by atoms with van der Waals surface area (Å²) in [5, 5.41) is 3.04. The average molecular weight is 400 g/mol. The van der Waals surface area contributed by atoms with Crippen LogP contribution in [0.5, 0.6) is 5.75 Å². The molecule has 0 aromatic heterocycles. The van der Waals surface area contributed by atoms with Crippen molar-refractivity contribution in [3.63, 3.8) is 0 Å². The standard InChI is InChI=1S/C25H24N2O3/c1-30-23-14-8-7-13-22(23)27-17-20(16-24(27)28)25(29)26-21-12-6-5-11-19(21)15-18-9-3-2-4-10-18/h2-14,20H,15-17H2,1H3,(H,26,29)/t20-/m0/s1. The number of hydrogen-bond acceptors (Lipinski definition) is 3. The molecule has 1 fully saturated rings. The Morgan fingerprint density at radius 3 is 2.50 bits per heavy atom. The van der Waals surface area contributed by atoms with Gasteiger partial charge in [-0.15, -0.1) is 0 Å². The van der Waals surface area contributed by atoms with E-state index >= 15 is 0 Å². The summed E-state index contributed by atoms with van der Waals surface area (Å²) in [7, 11) is 1.58. The van der Waals surface area contributed by atoms with Gasteiger partial charge in [-0.1, -0.05) is 60.7 Å². The van der Waals surface area contributed by atoms with Crippen LogP contribution in [0.2, 0.25) is 0 Å². The third kappa shape index (κ3) is 4.20. The maximum absolute atomic E-state index is 13.0. The molecule has 3 aromatic rings. The lowest BCUT2D eigenvalue weighted by Crippen LogP contribution is -2.28. The van der Waals surface area contributed by atoms with Crippen LogP contribution in [0.3, 0.4) is 0 Å². The largest absolute Gasteiger partial charge is 0.495 e. The first-order valence-corrected chi connectivity index (χ1v) is 10.0. The fraction of sp³-hybridized carbons (Fsp3) is 0.200. The zero-order chi connectivity index (χ0) is 20.9. The van der Waals surface area contributed by atoms with Gasteiger partial charge in [0, 0.05) is 18.7 Å². The molecular formula is C25H24N2O3. The molecule has 3 aromatic carbocycles. The maximum Gasteiger partial charge on any atom is 0.229 e. The molecule has 1 aliphatic rings. The number of anilines is 2. The van der Waals surface area contributed by atoms with E-state index in [1.807, 2.05) is 66.7 Å². The molecule has 1 aliphatic heterocycles. The second kappa shape index (κ2) is 8.82. The number of carbonyl (C=O) groups is 2. The third-order valence-corrected chi connectivity index (χ3v) is 5.38. The van der Waals surface area contributed by atoms with Crippen LogP contribution in [0, 0.1) is 5.92 Å². The number of para-hydroxylation sites is 3. The van der Waals surface area contributed by atoms with Crippen LogP contribution in [0.15, 0.2) is 78.9 Å². The van der Waals surface area contributed by atoms with E-state index in [2.05, 4.69) is 17.4 Å². The molecule has 2 amide bonds. The monoisotopic (exact) mass is 400 g/mol. The molecule has 1 N–H and O–H groups in total. The van der Waals surface area contributed by atoms with Gasteiger partial charge in [0.05, 0.1) is 18.7 Å². The van der Waals surface area contributed by atoms with Crippen LogP contribution < -0.4 is 15.0 Å². The van der Waals surface area contributed by atoms with Crippen molar-refractivity contribution in [2.24, 2.45) is 5.92 Å². The highest BCUT2D eigenvalue weighted by Crippen LogP contribution is 2.33. The Kier molecular flexibility index (Phi) is 5.80. The number of nitrogens with one attached hydrogen (secondary N) is 1. The first-order valence-electron chi connectivity index (χ1n) is 10.0. The molecule has 5 nitrogen and oxygen atoms in total. The zero-order valence-corrected chi connectivity index (χ0v) is 16.9. The van der Waals surface area contributed by atoms with E-state index in [0.29, 0.717) is 18.0 Å². The van der Waals surface area contributed by atoms with Crippen LogP contribution in [0.25, 0.3) is 0 Å². The Labute approximate surface area is 176 Å². The lowest BCUT2D eigenvalue weighted by Gasteiger charge is -2.19. The highest BCUT2D eigenvalue weighted by molar-refractivity contribution is 6.04. The second-order valence-electron chi connectivity index (χ2n) is 7.39. The lowest BCUT2D eigenvalue weighted by atomic mass is 10.0. The van der Waals surface area contributed by atoms with Crippen molar-refractivity contribution in [2.75, 3.05) is 23.9 Å². The fourth-order valence-corrected chi connectivity index (χ4v) is 3.82. The van der Waals surface area contributed by atoms with Crippen molar-refractivity contribution in [2.45, 2.75) is 12.8 Å². The Morgan fingerprint density at radius 1 is 1.00 bits per heavy atom. The first-order chi connectivity index (χ1) is 14.7. The maximum atomic E-state index is 13.0. The second-order valence-corrected chi connectivity index (χ2v) is 7.39. The zero-order valence-electron chi connectivity index (χ0n) is 16.9. The molecule has 0 aliphatic carbocycles. The summed E-state index contributed by atoms with van der Waals surface area (Å²) in [6, 6.07) is 25.3. The number of hydrogen-bond donors (Lipinski definition) is 1. The summed E-state index contributed by atoms with van der Waals surface area (Å²) < 4.78 is 5.38. The number of ether oxygens (including phenoxy) is 1. The fourth-order valence-electron chi connectivity index (χ4n) is 3.82. The van der Waals surface area contributed by atoms with Crippen molar-refractivity contribution >= 4 is 23.2 Å². The van der Waals surface area contributed by atoms with Crippen molar-refractivity contribution in [3.05, 3.63) is 90.0 Å². The van der Waals surface area contributed by atoms with E-state index in [-0.39, 0.29) is 18.2 Å². The molecule has 1 saturated heterocycles. The van der Waals surface area contributed by atoms with Gasteiger partial charge in [0.25, 0.3) is 0 Å². The predicted molar refractivity (Wildman–Crippen MR) is 118 cm³/mol.